The summed E-state index contributed by atoms with van der Waals surface area (Å²) in [5.41, 5.74) is -0.144. The number of urea groups is 1. The van der Waals surface area contributed by atoms with Crippen molar-refractivity contribution < 1.29 is 14.7 Å². The van der Waals surface area contributed by atoms with Crippen LogP contribution in [0.2, 0.25) is 0 Å². The van der Waals surface area contributed by atoms with Crippen LogP contribution in [0.3, 0.4) is 0 Å². The fraction of sp³-hybridized carbons (Fsp3) is 0.846. The lowest BCUT2D eigenvalue weighted by molar-refractivity contribution is -0.137. The molecule has 5 heteroatoms. The van der Waals surface area contributed by atoms with E-state index < -0.39 is 5.97 Å². The Balaban J connectivity index is 2.18. The molecule has 0 aromatic carbocycles. The normalized spacial score (nSPS) is 17.1. The first-order valence-electron chi connectivity index (χ1n) is 6.59. The molecule has 18 heavy (non-hydrogen) atoms. The number of rotatable bonds is 7. The molecule has 1 unspecified atom stereocenters. The van der Waals surface area contributed by atoms with Gasteiger partial charge in [0, 0.05) is 18.5 Å². The Morgan fingerprint density at radius 3 is 2.50 bits per heavy atom. The fourth-order valence-corrected chi connectivity index (χ4v) is 1.98. The monoisotopic (exact) mass is 256 g/mol. The lowest BCUT2D eigenvalue weighted by atomic mass is 9.99. The van der Waals surface area contributed by atoms with Crippen LogP contribution in [0, 0.1) is 11.8 Å². The summed E-state index contributed by atoms with van der Waals surface area (Å²) in [5.74, 6) is -0.0234. The molecular weight excluding hydrogens is 232 g/mol. The molecule has 0 aliphatic heterocycles. The van der Waals surface area contributed by atoms with Crippen molar-refractivity contribution in [2.75, 3.05) is 6.54 Å². The van der Waals surface area contributed by atoms with Crippen LogP contribution in [0.15, 0.2) is 0 Å². The number of aliphatic carboxylic acids is 1. The molecule has 1 atom stereocenters. The highest BCUT2D eigenvalue weighted by Crippen LogP contribution is 2.39. The highest BCUT2D eigenvalue weighted by atomic mass is 16.4. The van der Waals surface area contributed by atoms with Crippen LogP contribution in [0.25, 0.3) is 0 Å². The Morgan fingerprint density at radius 2 is 2.00 bits per heavy atom. The van der Waals surface area contributed by atoms with E-state index in [1.165, 1.54) is 12.8 Å². The van der Waals surface area contributed by atoms with Gasteiger partial charge in [-0.1, -0.05) is 6.92 Å². The summed E-state index contributed by atoms with van der Waals surface area (Å²) in [6.07, 6.45) is 3.10. The second-order valence-corrected chi connectivity index (χ2v) is 5.87. The van der Waals surface area contributed by atoms with E-state index in [-0.39, 0.29) is 23.9 Å². The standard InChI is InChI=1S/C13H24N2O3/c1-9(4-7-11(16)17)8-14-12(18)15-13(2,3)10-5-6-10/h9-10H,4-8H2,1-3H3,(H,16,17)(H2,14,15,18). The van der Waals surface area contributed by atoms with Crippen molar-refractivity contribution in [2.45, 2.75) is 52.0 Å². The zero-order chi connectivity index (χ0) is 13.8. The molecule has 5 nitrogen and oxygen atoms in total. The summed E-state index contributed by atoms with van der Waals surface area (Å²) in [7, 11) is 0. The molecule has 0 saturated heterocycles. The number of hydrogen-bond donors (Lipinski definition) is 3. The maximum absolute atomic E-state index is 11.7. The number of carbonyl (C=O) groups is 2. The van der Waals surface area contributed by atoms with Crippen molar-refractivity contribution in [1.82, 2.24) is 10.6 Å². The first kappa shape index (κ1) is 14.8. The smallest absolute Gasteiger partial charge is 0.315 e. The van der Waals surface area contributed by atoms with Crippen LogP contribution >= 0.6 is 0 Å². The summed E-state index contributed by atoms with van der Waals surface area (Å²) in [4.78, 5) is 22.1. The molecule has 0 spiro atoms. The highest BCUT2D eigenvalue weighted by molar-refractivity contribution is 5.74. The van der Waals surface area contributed by atoms with Crippen molar-refractivity contribution in [1.29, 1.82) is 0 Å². The number of carboxylic acids is 1. The quantitative estimate of drug-likeness (QED) is 0.651. The topological polar surface area (TPSA) is 78.4 Å². The maximum atomic E-state index is 11.7. The van der Waals surface area contributed by atoms with Gasteiger partial charge in [-0.3, -0.25) is 4.79 Å². The third-order valence-electron chi connectivity index (χ3n) is 3.50. The first-order chi connectivity index (χ1) is 8.31. The summed E-state index contributed by atoms with van der Waals surface area (Å²) in [6, 6.07) is -0.158. The molecule has 0 aromatic rings. The number of hydrogen-bond acceptors (Lipinski definition) is 2. The van der Waals surface area contributed by atoms with Crippen molar-refractivity contribution in [3.05, 3.63) is 0 Å². The van der Waals surface area contributed by atoms with E-state index in [0.717, 1.165) is 0 Å². The van der Waals surface area contributed by atoms with Gasteiger partial charge in [-0.15, -0.1) is 0 Å². The summed E-state index contributed by atoms with van der Waals surface area (Å²) in [6.45, 7) is 6.53. The van der Waals surface area contributed by atoms with Gasteiger partial charge in [-0.25, -0.2) is 4.79 Å². The molecule has 1 aliphatic rings. The predicted molar refractivity (Wildman–Crippen MR) is 69.4 cm³/mol. The molecule has 2 amide bonds. The van der Waals surface area contributed by atoms with Crippen LogP contribution in [0.4, 0.5) is 4.79 Å². The minimum atomic E-state index is -0.791. The molecule has 1 aliphatic carbocycles. The number of nitrogens with one attached hydrogen (secondary N) is 2. The Hall–Kier alpha value is -1.26. The van der Waals surface area contributed by atoms with Gasteiger partial charge in [-0.05, 0) is 44.9 Å². The highest BCUT2D eigenvalue weighted by Gasteiger charge is 2.38. The molecule has 0 radical (unpaired) electrons. The van der Waals surface area contributed by atoms with Crippen molar-refractivity contribution in [3.8, 4) is 0 Å². The van der Waals surface area contributed by atoms with Crippen LogP contribution in [-0.4, -0.2) is 29.2 Å². The minimum absolute atomic E-state index is 0.144. The van der Waals surface area contributed by atoms with Gasteiger partial charge in [0.2, 0.25) is 0 Å². The molecule has 0 heterocycles. The zero-order valence-corrected chi connectivity index (χ0v) is 11.5. The van der Waals surface area contributed by atoms with Gasteiger partial charge < -0.3 is 15.7 Å². The Morgan fingerprint density at radius 1 is 1.39 bits per heavy atom. The Bertz CT molecular complexity index is 311. The fourth-order valence-electron chi connectivity index (χ4n) is 1.98. The lowest BCUT2D eigenvalue weighted by Crippen LogP contribution is -2.50. The van der Waals surface area contributed by atoms with Gasteiger partial charge in [-0.2, -0.15) is 0 Å². The van der Waals surface area contributed by atoms with Crippen molar-refractivity contribution in [3.63, 3.8) is 0 Å². The van der Waals surface area contributed by atoms with Crippen LogP contribution in [0.5, 0.6) is 0 Å². The summed E-state index contributed by atoms with van der Waals surface area (Å²) < 4.78 is 0. The molecule has 1 rings (SSSR count). The molecule has 0 bridgehead atoms. The average Bonchev–Trinajstić information content (AvgIpc) is 3.06. The Labute approximate surface area is 108 Å². The third-order valence-corrected chi connectivity index (χ3v) is 3.50. The molecular formula is C13H24N2O3. The second kappa shape index (κ2) is 6.07. The molecule has 1 fully saturated rings. The minimum Gasteiger partial charge on any atom is -0.481 e. The van der Waals surface area contributed by atoms with E-state index in [9.17, 15) is 9.59 Å². The van der Waals surface area contributed by atoms with E-state index in [2.05, 4.69) is 10.6 Å². The number of carbonyl (C=O) groups excluding carboxylic acids is 1. The van der Waals surface area contributed by atoms with E-state index >= 15 is 0 Å². The first-order valence-corrected chi connectivity index (χ1v) is 6.59. The number of amides is 2. The second-order valence-electron chi connectivity index (χ2n) is 5.87. The van der Waals surface area contributed by atoms with Crippen LogP contribution in [-0.2, 0) is 4.79 Å². The van der Waals surface area contributed by atoms with Crippen LogP contribution < -0.4 is 10.6 Å². The van der Waals surface area contributed by atoms with Crippen LogP contribution in [0.1, 0.15) is 46.5 Å². The molecule has 1 saturated carbocycles. The van der Waals surface area contributed by atoms with E-state index in [1.54, 1.807) is 0 Å². The summed E-state index contributed by atoms with van der Waals surface area (Å²) in [5, 5.41) is 14.3. The predicted octanol–water partition coefficient (Wildman–Crippen LogP) is 1.98. The van der Waals surface area contributed by atoms with E-state index in [4.69, 9.17) is 5.11 Å². The SMILES string of the molecule is CC(CCC(=O)O)CNC(=O)NC(C)(C)C1CC1. The van der Waals surface area contributed by atoms with E-state index in [0.29, 0.717) is 18.9 Å². The van der Waals surface area contributed by atoms with Gasteiger partial charge >= 0.3 is 12.0 Å². The molecule has 0 aromatic heterocycles. The van der Waals surface area contributed by atoms with Gasteiger partial charge in [0.1, 0.15) is 0 Å². The summed E-state index contributed by atoms with van der Waals surface area (Å²) >= 11 is 0. The largest absolute Gasteiger partial charge is 0.481 e. The Kier molecular flexibility index (Phi) is 4.99. The van der Waals surface area contributed by atoms with E-state index in [1.807, 2.05) is 20.8 Å². The van der Waals surface area contributed by atoms with Gasteiger partial charge in [0.05, 0.1) is 0 Å². The number of carboxylic acid groups (broad SMARTS) is 1. The van der Waals surface area contributed by atoms with Crippen molar-refractivity contribution >= 4 is 12.0 Å². The zero-order valence-electron chi connectivity index (χ0n) is 11.5. The van der Waals surface area contributed by atoms with Gasteiger partial charge in [0.25, 0.3) is 0 Å². The van der Waals surface area contributed by atoms with Crippen molar-refractivity contribution in [2.24, 2.45) is 11.8 Å². The molecule has 3 N–H and O–H groups in total. The lowest BCUT2D eigenvalue weighted by Gasteiger charge is -2.26. The average molecular weight is 256 g/mol. The maximum Gasteiger partial charge on any atom is 0.315 e. The third kappa shape index (κ3) is 5.38. The molecule has 104 valence electrons. The van der Waals surface area contributed by atoms with Gasteiger partial charge in [0.15, 0.2) is 0 Å².